The molecule has 2 heterocycles. The van der Waals surface area contributed by atoms with Crippen molar-refractivity contribution in [2.24, 2.45) is 9.98 Å². The van der Waals surface area contributed by atoms with Crippen LogP contribution in [0.1, 0.15) is 25.0 Å². The minimum absolute atomic E-state index is 0.136. The van der Waals surface area contributed by atoms with Gasteiger partial charge in [-0.15, -0.1) is 0 Å². The van der Waals surface area contributed by atoms with Crippen LogP contribution in [0, 0.1) is 0 Å². The summed E-state index contributed by atoms with van der Waals surface area (Å²) in [5, 5.41) is 0. The molecule has 0 aromatic heterocycles. The van der Waals surface area contributed by atoms with Crippen LogP contribution in [0.3, 0.4) is 0 Å². The van der Waals surface area contributed by atoms with Gasteiger partial charge in [0.05, 0.1) is 36.4 Å². The molecule has 2 aromatic carbocycles. The summed E-state index contributed by atoms with van der Waals surface area (Å²) in [5.74, 6) is -0.301. The first-order valence-corrected chi connectivity index (χ1v) is 9.81. The Morgan fingerprint density at radius 3 is 2.74 bits per heavy atom. The number of carbonyl (C=O) groups is 1. The molecule has 2 aliphatic heterocycles. The van der Waals surface area contributed by atoms with E-state index in [0.717, 1.165) is 27.0 Å². The standard InChI is InChI=1S/C21H20BrN3O2/c1-3-27-21(26)19-20-13(2)24-18(14-7-5-4-6-8-14)16-11-15(22)9-10-17(16)25(20)12-23-19/h4-13,19-20H,3H2,1-2H3/t13-,19?,20?/m1/s1. The fourth-order valence-corrected chi connectivity index (χ4v) is 4.07. The van der Waals surface area contributed by atoms with Crippen LogP contribution in [-0.2, 0) is 9.53 Å². The minimum atomic E-state index is -0.574. The quantitative estimate of drug-likeness (QED) is 0.701. The number of fused-ring (bicyclic) bond motifs is 3. The lowest BCUT2D eigenvalue weighted by atomic mass is 10.00. The monoisotopic (exact) mass is 425 g/mol. The molecule has 0 saturated carbocycles. The smallest absolute Gasteiger partial charge is 0.333 e. The average Bonchev–Trinajstić information content (AvgIpc) is 3.07. The van der Waals surface area contributed by atoms with Crippen molar-refractivity contribution in [1.82, 2.24) is 0 Å². The van der Waals surface area contributed by atoms with E-state index < -0.39 is 6.04 Å². The van der Waals surface area contributed by atoms with Gasteiger partial charge in [0.15, 0.2) is 6.04 Å². The van der Waals surface area contributed by atoms with Crippen molar-refractivity contribution in [1.29, 1.82) is 0 Å². The second-order valence-electron chi connectivity index (χ2n) is 6.61. The number of carbonyl (C=O) groups excluding carboxylic acids is 1. The Balaban J connectivity index is 1.86. The van der Waals surface area contributed by atoms with Crippen LogP contribution in [0.5, 0.6) is 0 Å². The molecule has 6 heteroatoms. The van der Waals surface area contributed by atoms with Gasteiger partial charge in [-0.05, 0) is 32.0 Å². The summed E-state index contributed by atoms with van der Waals surface area (Å²) >= 11 is 3.58. The zero-order valence-electron chi connectivity index (χ0n) is 15.2. The fourth-order valence-electron chi connectivity index (χ4n) is 3.71. The van der Waals surface area contributed by atoms with Gasteiger partial charge in [0, 0.05) is 15.6 Å². The van der Waals surface area contributed by atoms with Crippen LogP contribution in [0.15, 0.2) is 63.0 Å². The zero-order chi connectivity index (χ0) is 19.0. The predicted octanol–water partition coefficient (Wildman–Crippen LogP) is 3.84. The number of anilines is 1. The number of hydrogen-bond acceptors (Lipinski definition) is 5. The van der Waals surface area contributed by atoms with Crippen LogP contribution < -0.4 is 4.90 Å². The van der Waals surface area contributed by atoms with Crippen molar-refractivity contribution in [2.75, 3.05) is 11.5 Å². The molecular weight excluding hydrogens is 406 g/mol. The fraction of sp³-hybridized carbons (Fsp3) is 0.286. The molecule has 0 spiro atoms. The van der Waals surface area contributed by atoms with E-state index in [4.69, 9.17) is 9.73 Å². The largest absolute Gasteiger partial charge is 0.464 e. The van der Waals surface area contributed by atoms with E-state index in [1.165, 1.54) is 0 Å². The molecule has 2 aliphatic rings. The summed E-state index contributed by atoms with van der Waals surface area (Å²) in [6.07, 6.45) is 1.75. The van der Waals surface area contributed by atoms with E-state index in [-0.39, 0.29) is 18.1 Å². The molecule has 2 unspecified atom stereocenters. The Morgan fingerprint density at radius 2 is 2.00 bits per heavy atom. The van der Waals surface area contributed by atoms with Crippen molar-refractivity contribution >= 4 is 39.6 Å². The highest BCUT2D eigenvalue weighted by Gasteiger charge is 2.43. The number of aliphatic imine (C=N–C) groups is 2. The summed E-state index contributed by atoms with van der Waals surface area (Å²) in [4.78, 5) is 24.0. The maximum absolute atomic E-state index is 12.5. The van der Waals surface area contributed by atoms with Crippen molar-refractivity contribution in [2.45, 2.75) is 32.0 Å². The van der Waals surface area contributed by atoms with Gasteiger partial charge < -0.3 is 9.64 Å². The summed E-state index contributed by atoms with van der Waals surface area (Å²) in [6.45, 7) is 4.18. The maximum Gasteiger partial charge on any atom is 0.333 e. The van der Waals surface area contributed by atoms with E-state index in [1.807, 2.05) is 44.2 Å². The number of ether oxygens (including phenoxy) is 1. The predicted molar refractivity (Wildman–Crippen MR) is 111 cm³/mol. The molecule has 3 atom stereocenters. The first kappa shape index (κ1) is 17.9. The molecule has 27 heavy (non-hydrogen) atoms. The van der Waals surface area contributed by atoms with Gasteiger partial charge in [-0.2, -0.15) is 0 Å². The van der Waals surface area contributed by atoms with Gasteiger partial charge >= 0.3 is 5.97 Å². The van der Waals surface area contributed by atoms with Crippen molar-refractivity contribution in [3.05, 3.63) is 64.1 Å². The first-order chi connectivity index (χ1) is 13.1. The van der Waals surface area contributed by atoms with Crippen molar-refractivity contribution in [3.8, 4) is 0 Å². The van der Waals surface area contributed by atoms with E-state index in [0.29, 0.717) is 6.61 Å². The Kier molecular flexibility index (Phi) is 4.83. The lowest BCUT2D eigenvalue weighted by molar-refractivity contribution is -0.144. The molecule has 0 amide bonds. The molecule has 0 bridgehead atoms. The summed E-state index contributed by atoms with van der Waals surface area (Å²) in [7, 11) is 0. The Morgan fingerprint density at radius 1 is 1.22 bits per heavy atom. The van der Waals surface area contributed by atoms with E-state index in [2.05, 4.69) is 44.0 Å². The molecule has 0 N–H and O–H groups in total. The Bertz CT molecular complexity index is 926. The van der Waals surface area contributed by atoms with Crippen LogP contribution in [0.2, 0.25) is 0 Å². The SMILES string of the molecule is CCOC(=O)C1N=CN2c3ccc(Br)cc3C(c3ccccc3)=N[C@H](C)C12. The highest BCUT2D eigenvalue weighted by atomic mass is 79.9. The number of benzene rings is 2. The van der Waals surface area contributed by atoms with Crippen LogP contribution in [0.4, 0.5) is 5.69 Å². The van der Waals surface area contributed by atoms with E-state index in [1.54, 1.807) is 6.34 Å². The second-order valence-corrected chi connectivity index (χ2v) is 7.52. The van der Waals surface area contributed by atoms with Gasteiger partial charge in [0.1, 0.15) is 0 Å². The first-order valence-electron chi connectivity index (χ1n) is 9.01. The van der Waals surface area contributed by atoms with Gasteiger partial charge in [-0.3, -0.25) is 9.98 Å². The highest BCUT2D eigenvalue weighted by Crippen LogP contribution is 2.35. The molecule has 0 fully saturated rings. The highest BCUT2D eigenvalue weighted by molar-refractivity contribution is 9.10. The average molecular weight is 426 g/mol. The molecule has 2 aromatic rings. The van der Waals surface area contributed by atoms with E-state index in [9.17, 15) is 4.79 Å². The second kappa shape index (κ2) is 7.27. The molecule has 4 rings (SSSR count). The maximum atomic E-state index is 12.5. The third-order valence-electron chi connectivity index (χ3n) is 4.89. The molecular formula is C21H20BrN3O2. The van der Waals surface area contributed by atoms with Gasteiger partial charge in [-0.25, -0.2) is 4.79 Å². The van der Waals surface area contributed by atoms with Crippen molar-refractivity contribution in [3.63, 3.8) is 0 Å². The lowest BCUT2D eigenvalue weighted by Gasteiger charge is -2.29. The summed E-state index contributed by atoms with van der Waals surface area (Å²) < 4.78 is 6.23. The van der Waals surface area contributed by atoms with Gasteiger partial charge in [-0.1, -0.05) is 46.3 Å². The molecule has 0 saturated heterocycles. The minimum Gasteiger partial charge on any atom is -0.464 e. The topological polar surface area (TPSA) is 54.3 Å². The molecule has 138 valence electrons. The van der Waals surface area contributed by atoms with E-state index >= 15 is 0 Å². The van der Waals surface area contributed by atoms with Crippen molar-refractivity contribution < 1.29 is 9.53 Å². The lowest BCUT2D eigenvalue weighted by Crippen LogP contribution is -2.47. The third-order valence-corrected chi connectivity index (χ3v) is 5.38. The number of nitrogens with zero attached hydrogens (tertiary/aromatic N) is 3. The number of esters is 1. The summed E-state index contributed by atoms with van der Waals surface area (Å²) in [5.41, 5.74) is 3.98. The number of rotatable bonds is 3. The zero-order valence-corrected chi connectivity index (χ0v) is 16.8. The summed E-state index contributed by atoms with van der Waals surface area (Å²) in [6, 6.07) is 15.3. The normalized spacial score (nSPS) is 23.3. The van der Waals surface area contributed by atoms with Crippen LogP contribution in [-0.4, -0.2) is 42.8 Å². The molecule has 0 radical (unpaired) electrons. The Labute approximate surface area is 166 Å². The third kappa shape index (κ3) is 3.18. The number of halogens is 1. The Hall–Kier alpha value is -2.47. The van der Waals surface area contributed by atoms with Gasteiger partial charge in [0.2, 0.25) is 0 Å². The van der Waals surface area contributed by atoms with Gasteiger partial charge in [0.25, 0.3) is 0 Å². The molecule has 0 aliphatic carbocycles. The van der Waals surface area contributed by atoms with Crippen LogP contribution in [0.25, 0.3) is 0 Å². The molecule has 5 nitrogen and oxygen atoms in total. The number of hydrogen-bond donors (Lipinski definition) is 0. The van der Waals surface area contributed by atoms with Crippen LogP contribution >= 0.6 is 15.9 Å².